The molecule has 0 aromatic heterocycles. The number of rotatable bonds is 4. The van der Waals surface area contributed by atoms with Crippen LogP contribution in [0.15, 0.2) is 47.5 Å². The van der Waals surface area contributed by atoms with Gasteiger partial charge in [0.05, 0.1) is 5.56 Å². The third kappa shape index (κ3) is 5.63. The molecule has 1 aliphatic heterocycles. The standard InChI is InChI=1S/C23H26F3N5O2/c1-30(2)17-6-3-15(4-7-17)21(33)31-11-9-14(10-12-31)18-8-5-16(20(32)29-22(27)28)13-19(18)23(24,25)26/h3-8,13-14H,9-12H2,1-2H3,(H4,27,28,29,32). The van der Waals surface area contributed by atoms with Gasteiger partial charge in [-0.25, -0.2) is 0 Å². The van der Waals surface area contributed by atoms with Crippen LogP contribution in [0.4, 0.5) is 18.9 Å². The minimum Gasteiger partial charge on any atom is -0.378 e. The lowest BCUT2D eigenvalue weighted by Gasteiger charge is -2.33. The van der Waals surface area contributed by atoms with Gasteiger partial charge in [-0.2, -0.15) is 18.2 Å². The van der Waals surface area contributed by atoms with E-state index >= 15 is 0 Å². The molecule has 1 saturated heterocycles. The van der Waals surface area contributed by atoms with Gasteiger partial charge in [0.15, 0.2) is 5.96 Å². The summed E-state index contributed by atoms with van der Waals surface area (Å²) in [5, 5.41) is 0. The van der Waals surface area contributed by atoms with Gasteiger partial charge >= 0.3 is 6.18 Å². The second kappa shape index (κ2) is 9.51. The number of guanidine groups is 1. The zero-order valence-corrected chi connectivity index (χ0v) is 18.4. The van der Waals surface area contributed by atoms with Gasteiger partial charge in [0.25, 0.3) is 11.8 Å². The smallest absolute Gasteiger partial charge is 0.378 e. The van der Waals surface area contributed by atoms with Crippen LogP contribution in [0, 0.1) is 0 Å². The molecule has 2 amide bonds. The molecule has 0 unspecified atom stereocenters. The van der Waals surface area contributed by atoms with E-state index in [0.29, 0.717) is 31.5 Å². The first kappa shape index (κ1) is 24.1. The number of hydrogen-bond donors (Lipinski definition) is 2. The molecular weight excluding hydrogens is 435 g/mol. The number of carbonyl (C=O) groups is 2. The summed E-state index contributed by atoms with van der Waals surface area (Å²) in [6.45, 7) is 0.676. The maximum atomic E-state index is 13.8. The monoisotopic (exact) mass is 461 g/mol. The fraction of sp³-hybridized carbons (Fsp3) is 0.348. The predicted octanol–water partition coefficient (Wildman–Crippen LogP) is 3.20. The van der Waals surface area contributed by atoms with Gasteiger partial charge in [-0.15, -0.1) is 0 Å². The van der Waals surface area contributed by atoms with E-state index in [9.17, 15) is 22.8 Å². The van der Waals surface area contributed by atoms with Crippen molar-refractivity contribution >= 4 is 23.5 Å². The van der Waals surface area contributed by atoms with E-state index in [4.69, 9.17) is 11.5 Å². The molecule has 0 bridgehead atoms. The summed E-state index contributed by atoms with van der Waals surface area (Å²) in [6.07, 6.45) is -3.89. The minimum absolute atomic E-state index is 0.103. The van der Waals surface area contributed by atoms with Crippen molar-refractivity contribution in [1.29, 1.82) is 0 Å². The molecule has 1 fully saturated rings. The molecule has 0 radical (unpaired) electrons. The van der Waals surface area contributed by atoms with Gasteiger partial charge < -0.3 is 21.3 Å². The predicted molar refractivity (Wildman–Crippen MR) is 120 cm³/mol. The SMILES string of the molecule is CN(C)c1ccc(C(=O)N2CCC(c3ccc(C(=O)N=C(N)N)cc3C(F)(F)F)CC2)cc1. The lowest BCUT2D eigenvalue weighted by atomic mass is 9.85. The van der Waals surface area contributed by atoms with Crippen molar-refractivity contribution < 1.29 is 22.8 Å². The third-order valence-corrected chi connectivity index (χ3v) is 5.69. The van der Waals surface area contributed by atoms with Crippen molar-refractivity contribution in [2.75, 3.05) is 32.1 Å². The first-order valence-electron chi connectivity index (χ1n) is 10.4. The molecule has 2 aromatic rings. The van der Waals surface area contributed by atoms with Gasteiger partial charge in [-0.05, 0) is 60.7 Å². The Morgan fingerprint density at radius 2 is 1.58 bits per heavy atom. The number of alkyl halides is 3. The van der Waals surface area contributed by atoms with E-state index in [1.807, 2.05) is 31.1 Å². The van der Waals surface area contributed by atoms with E-state index in [2.05, 4.69) is 4.99 Å². The molecule has 7 nitrogen and oxygen atoms in total. The largest absolute Gasteiger partial charge is 0.416 e. The zero-order valence-electron chi connectivity index (χ0n) is 18.4. The van der Waals surface area contributed by atoms with Gasteiger partial charge in [0.1, 0.15) is 0 Å². The number of carbonyl (C=O) groups excluding carboxylic acids is 2. The Morgan fingerprint density at radius 1 is 1.00 bits per heavy atom. The Labute approximate surface area is 189 Å². The molecular formula is C23H26F3N5O2. The maximum absolute atomic E-state index is 13.8. The van der Waals surface area contributed by atoms with Crippen LogP contribution < -0.4 is 16.4 Å². The summed E-state index contributed by atoms with van der Waals surface area (Å²) in [6, 6.07) is 10.6. The van der Waals surface area contributed by atoms with E-state index in [-0.39, 0.29) is 17.0 Å². The highest BCUT2D eigenvalue weighted by molar-refractivity contribution is 6.02. The molecule has 0 spiro atoms. The number of nitrogens with zero attached hydrogens (tertiary/aromatic N) is 3. The maximum Gasteiger partial charge on any atom is 0.416 e. The number of anilines is 1. The number of piperidine rings is 1. The van der Waals surface area contributed by atoms with Crippen LogP contribution >= 0.6 is 0 Å². The van der Waals surface area contributed by atoms with Gasteiger partial charge in [0, 0.05) is 44.0 Å². The van der Waals surface area contributed by atoms with Crippen LogP contribution in [-0.4, -0.2) is 49.9 Å². The molecule has 0 atom stereocenters. The summed E-state index contributed by atoms with van der Waals surface area (Å²) in [7, 11) is 3.81. The Hall–Kier alpha value is -3.56. The van der Waals surface area contributed by atoms with Gasteiger partial charge in [-0.3, -0.25) is 9.59 Å². The molecule has 0 saturated carbocycles. The highest BCUT2D eigenvalue weighted by Gasteiger charge is 2.37. The highest BCUT2D eigenvalue weighted by atomic mass is 19.4. The number of halogens is 3. The molecule has 10 heteroatoms. The summed E-state index contributed by atoms with van der Waals surface area (Å²) in [4.78, 5) is 31.7. The van der Waals surface area contributed by atoms with Crippen LogP contribution in [0.5, 0.6) is 0 Å². The molecule has 1 heterocycles. The fourth-order valence-corrected chi connectivity index (χ4v) is 3.95. The quantitative estimate of drug-likeness (QED) is 0.537. The van der Waals surface area contributed by atoms with Gasteiger partial charge in [-0.1, -0.05) is 6.07 Å². The zero-order chi connectivity index (χ0) is 24.3. The lowest BCUT2D eigenvalue weighted by Crippen LogP contribution is -2.38. The number of likely N-dealkylation sites (tertiary alicyclic amines) is 1. The summed E-state index contributed by atoms with van der Waals surface area (Å²) in [5.41, 5.74) is 10.8. The Bertz CT molecular complexity index is 1050. The average Bonchev–Trinajstić information content (AvgIpc) is 2.77. The molecule has 33 heavy (non-hydrogen) atoms. The van der Waals surface area contributed by atoms with Crippen molar-refractivity contribution in [3.05, 3.63) is 64.7 Å². The Kier molecular flexibility index (Phi) is 6.95. The molecule has 0 aliphatic carbocycles. The van der Waals surface area contributed by atoms with E-state index < -0.39 is 29.5 Å². The van der Waals surface area contributed by atoms with Crippen molar-refractivity contribution in [1.82, 2.24) is 4.90 Å². The van der Waals surface area contributed by atoms with Crippen molar-refractivity contribution in [3.8, 4) is 0 Å². The molecule has 1 aliphatic rings. The Balaban J connectivity index is 1.76. The van der Waals surface area contributed by atoms with Crippen LogP contribution in [0.1, 0.15) is 50.6 Å². The average molecular weight is 461 g/mol. The molecule has 2 aromatic carbocycles. The second-order valence-electron chi connectivity index (χ2n) is 8.15. The van der Waals surface area contributed by atoms with E-state index in [1.165, 1.54) is 12.1 Å². The first-order chi connectivity index (χ1) is 15.5. The van der Waals surface area contributed by atoms with E-state index in [1.54, 1.807) is 17.0 Å². The lowest BCUT2D eigenvalue weighted by molar-refractivity contribution is -0.138. The number of nitrogens with two attached hydrogens (primary N) is 2. The van der Waals surface area contributed by atoms with Crippen molar-refractivity contribution in [3.63, 3.8) is 0 Å². The summed E-state index contributed by atoms with van der Waals surface area (Å²) in [5.74, 6) is -2.00. The minimum atomic E-state index is -4.65. The van der Waals surface area contributed by atoms with E-state index in [0.717, 1.165) is 11.8 Å². The van der Waals surface area contributed by atoms with Crippen molar-refractivity contribution in [2.45, 2.75) is 24.9 Å². The number of amides is 2. The van der Waals surface area contributed by atoms with Gasteiger partial charge in [0.2, 0.25) is 0 Å². The van der Waals surface area contributed by atoms with Crippen LogP contribution in [-0.2, 0) is 6.18 Å². The third-order valence-electron chi connectivity index (χ3n) is 5.69. The number of hydrogen-bond acceptors (Lipinski definition) is 3. The van der Waals surface area contributed by atoms with Crippen LogP contribution in [0.3, 0.4) is 0 Å². The first-order valence-corrected chi connectivity index (χ1v) is 10.4. The van der Waals surface area contributed by atoms with Crippen LogP contribution in [0.2, 0.25) is 0 Å². The van der Waals surface area contributed by atoms with Crippen molar-refractivity contribution in [2.24, 2.45) is 16.5 Å². The summed E-state index contributed by atoms with van der Waals surface area (Å²) < 4.78 is 41.3. The molecule has 4 N–H and O–H groups in total. The normalized spacial score (nSPS) is 14.6. The number of benzene rings is 2. The van der Waals surface area contributed by atoms with Crippen LogP contribution in [0.25, 0.3) is 0 Å². The summed E-state index contributed by atoms with van der Waals surface area (Å²) >= 11 is 0. The molecule has 3 rings (SSSR count). The second-order valence-corrected chi connectivity index (χ2v) is 8.15. The number of aliphatic imine (C=N–C) groups is 1. The highest BCUT2D eigenvalue weighted by Crippen LogP contribution is 2.39. The fourth-order valence-electron chi connectivity index (χ4n) is 3.95. The Morgan fingerprint density at radius 3 is 2.09 bits per heavy atom. The molecule has 176 valence electrons. The topological polar surface area (TPSA) is 105 Å².